The summed E-state index contributed by atoms with van der Waals surface area (Å²) < 4.78 is 0. The lowest BCUT2D eigenvalue weighted by Crippen LogP contribution is -1.88. The Bertz CT molecular complexity index is 462. The van der Waals surface area contributed by atoms with E-state index >= 15 is 0 Å². The fourth-order valence-electron chi connectivity index (χ4n) is 1.51. The van der Waals surface area contributed by atoms with Crippen LogP contribution < -0.4 is 0 Å². The van der Waals surface area contributed by atoms with Crippen molar-refractivity contribution in [2.75, 3.05) is 0 Å². The van der Waals surface area contributed by atoms with Crippen LogP contribution in [0.25, 0.3) is 10.9 Å². The lowest BCUT2D eigenvalue weighted by Gasteiger charge is -2.01. The molecule has 0 spiro atoms. The number of rotatable bonds is 3. The molecule has 1 aromatic heterocycles. The summed E-state index contributed by atoms with van der Waals surface area (Å²) in [5.74, 6) is 1.02. The third kappa shape index (κ3) is 2.50. The zero-order valence-corrected chi connectivity index (χ0v) is 10.5. The summed E-state index contributed by atoms with van der Waals surface area (Å²) in [5, 5.41) is 2.61. The predicted octanol–water partition coefficient (Wildman–Crippen LogP) is 4.46. The largest absolute Gasteiger partial charge is 0.358 e. The van der Waals surface area contributed by atoms with Crippen molar-refractivity contribution in [2.24, 2.45) is 0 Å². The van der Waals surface area contributed by atoms with Crippen LogP contribution in [0.1, 0.15) is 19.5 Å². The summed E-state index contributed by atoms with van der Waals surface area (Å²) >= 11 is 8.04. The molecule has 0 saturated heterocycles. The van der Waals surface area contributed by atoms with E-state index in [0.717, 1.165) is 21.7 Å². The maximum Gasteiger partial charge on any atom is 0.0499 e. The highest BCUT2D eigenvalue weighted by molar-refractivity contribution is 7.99. The van der Waals surface area contributed by atoms with Gasteiger partial charge in [0.1, 0.15) is 0 Å². The van der Waals surface area contributed by atoms with Crippen LogP contribution in [0.2, 0.25) is 5.02 Å². The molecule has 0 unspecified atom stereocenters. The van der Waals surface area contributed by atoms with E-state index in [-0.39, 0.29) is 0 Å². The maximum atomic E-state index is 6.11. The quantitative estimate of drug-likeness (QED) is 0.836. The van der Waals surface area contributed by atoms with Gasteiger partial charge in [0, 0.05) is 27.4 Å². The minimum atomic E-state index is 0.659. The Hall–Kier alpha value is -0.600. The molecule has 0 aliphatic rings. The van der Waals surface area contributed by atoms with Gasteiger partial charge in [0.2, 0.25) is 0 Å². The summed E-state index contributed by atoms with van der Waals surface area (Å²) in [6.45, 7) is 4.42. The molecule has 3 heteroatoms. The van der Waals surface area contributed by atoms with Gasteiger partial charge >= 0.3 is 0 Å². The van der Waals surface area contributed by atoms with Gasteiger partial charge in [-0.3, -0.25) is 0 Å². The lowest BCUT2D eigenvalue weighted by atomic mass is 10.2. The first-order chi connectivity index (χ1) is 7.16. The molecule has 2 aromatic rings. The second-order valence-electron chi connectivity index (χ2n) is 3.86. The highest BCUT2D eigenvalue weighted by Gasteiger charge is 2.04. The van der Waals surface area contributed by atoms with Gasteiger partial charge in [-0.1, -0.05) is 31.5 Å². The number of aromatic nitrogens is 1. The van der Waals surface area contributed by atoms with Crippen LogP contribution in [0.4, 0.5) is 0 Å². The van der Waals surface area contributed by atoms with Gasteiger partial charge in [0.05, 0.1) is 0 Å². The number of nitrogens with one attached hydrogen (secondary N) is 1. The Labute approximate surface area is 99.2 Å². The second-order valence-corrected chi connectivity index (χ2v) is 5.83. The Morgan fingerprint density at radius 2 is 2.20 bits per heavy atom. The number of hydrogen-bond donors (Lipinski definition) is 1. The van der Waals surface area contributed by atoms with Crippen LogP contribution in [-0.2, 0) is 5.75 Å². The van der Waals surface area contributed by atoms with Crippen LogP contribution in [0.15, 0.2) is 24.3 Å². The predicted molar refractivity (Wildman–Crippen MR) is 69.7 cm³/mol. The van der Waals surface area contributed by atoms with Gasteiger partial charge in [-0.05, 0) is 23.4 Å². The lowest BCUT2D eigenvalue weighted by molar-refractivity contribution is 1.10. The fraction of sp³-hybridized carbons (Fsp3) is 0.333. The molecule has 1 nitrogen and oxygen atoms in total. The number of thioether (sulfide) groups is 1. The number of halogens is 1. The minimum absolute atomic E-state index is 0.659. The summed E-state index contributed by atoms with van der Waals surface area (Å²) in [5.41, 5.74) is 2.37. The van der Waals surface area contributed by atoms with Crippen LogP contribution in [0.3, 0.4) is 0 Å². The van der Waals surface area contributed by atoms with Gasteiger partial charge < -0.3 is 4.98 Å². The Balaban J connectivity index is 2.27. The van der Waals surface area contributed by atoms with E-state index in [1.54, 1.807) is 0 Å². The monoisotopic (exact) mass is 239 g/mol. The van der Waals surface area contributed by atoms with Crippen molar-refractivity contribution in [1.82, 2.24) is 4.98 Å². The highest BCUT2D eigenvalue weighted by atomic mass is 35.5. The summed E-state index contributed by atoms with van der Waals surface area (Å²) in [4.78, 5) is 3.39. The normalized spacial score (nSPS) is 11.5. The maximum absolute atomic E-state index is 6.11. The van der Waals surface area contributed by atoms with E-state index in [4.69, 9.17) is 11.6 Å². The van der Waals surface area contributed by atoms with Gasteiger partial charge in [-0.25, -0.2) is 0 Å². The molecule has 0 aliphatic heterocycles. The Morgan fingerprint density at radius 1 is 1.40 bits per heavy atom. The molecule has 0 bridgehead atoms. The van der Waals surface area contributed by atoms with Crippen LogP contribution in [0, 0.1) is 0 Å². The number of H-pyrrole nitrogens is 1. The molecule has 0 aliphatic carbocycles. The third-order valence-electron chi connectivity index (χ3n) is 2.24. The standard InChI is InChI=1S/C12H14ClNS/c1-8(2)15-7-9-6-10-11(13)4-3-5-12(10)14-9/h3-6,8,14H,7H2,1-2H3. The second kappa shape index (κ2) is 4.50. The molecule has 0 saturated carbocycles. The van der Waals surface area contributed by atoms with Crippen molar-refractivity contribution in [1.29, 1.82) is 0 Å². The van der Waals surface area contributed by atoms with E-state index in [9.17, 15) is 0 Å². The summed E-state index contributed by atoms with van der Waals surface area (Å²) in [6.07, 6.45) is 0. The highest BCUT2D eigenvalue weighted by Crippen LogP contribution is 2.26. The minimum Gasteiger partial charge on any atom is -0.358 e. The fourth-order valence-corrected chi connectivity index (χ4v) is 2.41. The van der Waals surface area contributed by atoms with Gasteiger partial charge in [0.15, 0.2) is 0 Å². The topological polar surface area (TPSA) is 15.8 Å². The van der Waals surface area contributed by atoms with E-state index in [1.807, 2.05) is 23.9 Å². The molecule has 0 fully saturated rings. The van der Waals surface area contributed by atoms with Gasteiger partial charge in [-0.2, -0.15) is 11.8 Å². The molecule has 0 radical (unpaired) electrons. The number of aromatic amines is 1. The van der Waals surface area contributed by atoms with Crippen LogP contribution in [-0.4, -0.2) is 10.2 Å². The first kappa shape index (κ1) is 10.9. The first-order valence-electron chi connectivity index (χ1n) is 5.04. The van der Waals surface area contributed by atoms with E-state index in [1.165, 1.54) is 5.69 Å². The van der Waals surface area contributed by atoms with E-state index < -0.39 is 0 Å². The van der Waals surface area contributed by atoms with Crippen molar-refractivity contribution in [3.8, 4) is 0 Å². The SMILES string of the molecule is CC(C)SCc1cc2c(Cl)cccc2[nH]1. The van der Waals surface area contributed by atoms with Gasteiger partial charge in [0.25, 0.3) is 0 Å². The number of fused-ring (bicyclic) bond motifs is 1. The molecule has 80 valence electrons. The van der Waals surface area contributed by atoms with Crippen molar-refractivity contribution >= 4 is 34.3 Å². The molecular weight excluding hydrogens is 226 g/mol. The first-order valence-corrected chi connectivity index (χ1v) is 6.47. The smallest absolute Gasteiger partial charge is 0.0499 e. The van der Waals surface area contributed by atoms with Crippen LogP contribution >= 0.6 is 23.4 Å². The van der Waals surface area contributed by atoms with Crippen molar-refractivity contribution in [3.05, 3.63) is 35.0 Å². The molecule has 1 N–H and O–H groups in total. The molecule has 0 amide bonds. The molecule has 1 aromatic carbocycles. The average Bonchev–Trinajstić information content (AvgIpc) is 2.59. The summed E-state index contributed by atoms with van der Waals surface area (Å²) in [7, 11) is 0. The van der Waals surface area contributed by atoms with Crippen molar-refractivity contribution in [2.45, 2.75) is 24.9 Å². The van der Waals surface area contributed by atoms with Gasteiger partial charge in [-0.15, -0.1) is 0 Å². The Morgan fingerprint density at radius 3 is 2.87 bits per heavy atom. The zero-order valence-electron chi connectivity index (χ0n) is 8.88. The molecule has 0 atom stereocenters. The van der Waals surface area contributed by atoms with E-state index in [0.29, 0.717) is 5.25 Å². The molecule has 15 heavy (non-hydrogen) atoms. The Kier molecular flexibility index (Phi) is 3.27. The zero-order chi connectivity index (χ0) is 10.8. The van der Waals surface area contributed by atoms with Crippen molar-refractivity contribution < 1.29 is 0 Å². The van der Waals surface area contributed by atoms with E-state index in [2.05, 4.69) is 31.0 Å². The molecule has 2 rings (SSSR count). The van der Waals surface area contributed by atoms with Crippen molar-refractivity contribution in [3.63, 3.8) is 0 Å². The molecule has 1 heterocycles. The molecular formula is C12H14ClNS. The number of benzene rings is 1. The number of hydrogen-bond acceptors (Lipinski definition) is 1. The average molecular weight is 240 g/mol. The van der Waals surface area contributed by atoms with Crippen LogP contribution in [0.5, 0.6) is 0 Å². The third-order valence-corrected chi connectivity index (χ3v) is 3.71. The summed E-state index contributed by atoms with van der Waals surface area (Å²) in [6, 6.07) is 8.11.